The summed E-state index contributed by atoms with van der Waals surface area (Å²) in [5, 5.41) is 0. The van der Waals surface area contributed by atoms with E-state index in [1.807, 2.05) is 0 Å². The standard InChI is InChI=1S/C9H20NO2.ClH/c1-6-9(11)12-7-8(2)10(3,4)5;/h8H,6-7H2,1-5H3;1H/q+1;/p-1. The van der Waals surface area contributed by atoms with Gasteiger partial charge in [-0.3, -0.25) is 4.79 Å². The van der Waals surface area contributed by atoms with Crippen LogP contribution in [0.4, 0.5) is 0 Å². The fraction of sp³-hybridized carbons (Fsp3) is 0.889. The van der Waals surface area contributed by atoms with Crippen molar-refractivity contribution in [3.05, 3.63) is 0 Å². The van der Waals surface area contributed by atoms with Crippen LogP contribution in [0.3, 0.4) is 0 Å². The molecule has 1 unspecified atom stereocenters. The van der Waals surface area contributed by atoms with Crippen molar-refractivity contribution in [2.24, 2.45) is 0 Å². The molecule has 0 spiro atoms. The zero-order valence-corrected chi connectivity index (χ0v) is 9.89. The number of nitrogens with zero attached hydrogens (tertiary/aromatic N) is 1. The van der Waals surface area contributed by atoms with E-state index < -0.39 is 0 Å². The van der Waals surface area contributed by atoms with Crippen molar-refractivity contribution in [3.8, 4) is 0 Å². The lowest BCUT2D eigenvalue weighted by Gasteiger charge is -2.30. The minimum absolute atomic E-state index is 0. The van der Waals surface area contributed by atoms with E-state index in [-0.39, 0.29) is 18.4 Å². The molecule has 1 atom stereocenters. The van der Waals surface area contributed by atoms with Crippen molar-refractivity contribution < 1.29 is 26.4 Å². The van der Waals surface area contributed by atoms with E-state index in [1.165, 1.54) is 0 Å². The highest BCUT2D eigenvalue weighted by Gasteiger charge is 2.19. The molecule has 0 heterocycles. The maximum Gasteiger partial charge on any atom is 0.305 e. The normalized spacial score (nSPS) is 13.0. The Hall–Kier alpha value is -0.280. The Morgan fingerprint density at radius 2 is 1.85 bits per heavy atom. The number of quaternary nitrogens is 1. The Bertz CT molecular complexity index is 154. The molecule has 3 nitrogen and oxygen atoms in total. The maximum absolute atomic E-state index is 10.8. The number of hydrogen-bond donors (Lipinski definition) is 0. The molecule has 0 aliphatic rings. The summed E-state index contributed by atoms with van der Waals surface area (Å²) in [6.07, 6.45) is 0.462. The lowest BCUT2D eigenvalue weighted by molar-refractivity contribution is -0.894. The van der Waals surface area contributed by atoms with Crippen LogP contribution in [-0.2, 0) is 9.53 Å². The summed E-state index contributed by atoms with van der Waals surface area (Å²) in [7, 11) is 6.26. The Labute approximate surface area is 87.1 Å². The molecule has 0 bridgehead atoms. The zero-order chi connectivity index (χ0) is 9.78. The quantitative estimate of drug-likeness (QED) is 0.397. The van der Waals surface area contributed by atoms with Gasteiger partial charge < -0.3 is 21.6 Å². The average Bonchev–Trinajstić information content (AvgIpc) is 1.97. The van der Waals surface area contributed by atoms with Crippen LogP contribution in [0.15, 0.2) is 0 Å². The summed E-state index contributed by atoms with van der Waals surface area (Å²) in [4.78, 5) is 10.8. The van der Waals surface area contributed by atoms with Gasteiger partial charge >= 0.3 is 5.97 Å². The van der Waals surface area contributed by atoms with E-state index in [1.54, 1.807) is 6.92 Å². The molecular weight excluding hydrogens is 190 g/mol. The van der Waals surface area contributed by atoms with Crippen LogP contribution in [-0.4, -0.2) is 44.2 Å². The summed E-state index contributed by atoms with van der Waals surface area (Å²) >= 11 is 0. The van der Waals surface area contributed by atoms with Crippen molar-refractivity contribution in [3.63, 3.8) is 0 Å². The van der Waals surface area contributed by atoms with Gasteiger partial charge in [0.2, 0.25) is 0 Å². The van der Waals surface area contributed by atoms with Crippen LogP contribution >= 0.6 is 0 Å². The Morgan fingerprint density at radius 3 is 2.15 bits per heavy atom. The lowest BCUT2D eigenvalue weighted by Crippen LogP contribution is -3.00. The summed E-state index contributed by atoms with van der Waals surface area (Å²) in [5.41, 5.74) is 0. The molecule has 0 saturated heterocycles. The number of likely N-dealkylation sites (N-methyl/N-ethyl adjacent to an activating group) is 1. The minimum atomic E-state index is -0.115. The molecule has 13 heavy (non-hydrogen) atoms. The van der Waals surface area contributed by atoms with E-state index in [0.717, 1.165) is 4.48 Å². The third kappa shape index (κ3) is 6.84. The van der Waals surface area contributed by atoms with Gasteiger partial charge in [-0.1, -0.05) is 6.92 Å². The zero-order valence-electron chi connectivity index (χ0n) is 9.13. The third-order valence-corrected chi connectivity index (χ3v) is 2.10. The number of halogens is 1. The summed E-state index contributed by atoms with van der Waals surface area (Å²) < 4.78 is 5.84. The molecule has 0 aromatic heterocycles. The lowest BCUT2D eigenvalue weighted by atomic mass is 10.3. The van der Waals surface area contributed by atoms with Gasteiger partial charge in [-0.15, -0.1) is 0 Å². The predicted molar refractivity (Wildman–Crippen MR) is 48.7 cm³/mol. The predicted octanol–water partition coefficient (Wildman–Crippen LogP) is -1.96. The Balaban J connectivity index is 0. The smallest absolute Gasteiger partial charge is 0.305 e. The molecule has 0 fully saturated rings. The molecule has 0 rings (SSSR count). The molecule has 0 aromatic carbocycles. The van der Waals surface area contributed by atoms with Crippen molar-refractivity contribution in [2.45, 2.75) is 26.3 Å². The van der Waals surface area contributed by atoms with Gasteiger partial charge in [0, 0.05) is 6.42 Å². The van der Waals surface area contributed by atoms with Crippen molar-refractivity contribution in [2.75, 3.05) is 27.7 Å². The van der Waals surface area contributed by atoms with Crippen LogP contribution in [0, 0.1) is 0 Å². The number of esters is 1. The highest BCUT2D eigenvalue weighted by Crippen LogP contribution is 2.02. The van der Waals surface area contributed by atoms with Gasteiger partial charge in [0.25, 0.3) is 0 Å². The number of rotatable bonds is 4. The molecule has 0 N–H and O–H groups in total. The van der Waals surface area contributed by atoms with Crippen molar-refractivity contribution in [1.29, 1.82) is 0 Å². The largest absolute Gasteiger partial charge is 1.00 e. The first kappa shape index (κ1) is 15.2. The number of carbonyl (C=O) groups excluding carboxylic acids is 1. The fourth-order valence-corrected chi connectivity index (χ4v) is 0.539. The Kier molecular flexibility index (Phi) is 7.27. The second-order valence-electron chi connectivity index (χ2n) is 4.00. The number of carbonyl (C=O) groups is 1. The van der Waals surface area contributed by atoms with Gasteiger partial charge in [0.15, 0.2) is 0 Å². The third-order valence-electron chi connectivity index (χ3n) is 2.10. The molecule has 0 aromatic rings. The fourth-order valence-electron chi connectivity index (χ4n) is 0.539. The monoisotopic (exact) mass is 209 g/mol. The van der Waals surface area contributed by atoms with Crippen LogP contribution in [0.2, 0.25) is 0 Å². The molecular formula is C9H20ClNO2. The SMILES string of the molecule is CCC(=O)OCC(C)[N+](C)(C)C.[Cl-]. The van der Waals surface area contributed by atoms with E-state index in [4.69, 9.17) is 4.74 Å². The van der Waals surface area contributed by atoms with E-state index >= 15 is 0 Å². The summed E-state index contributed by atoms with van der Waals surface area (Å²) in [5.74, 6) is -0.115. The minimum Gasteiger partial charge on any atom is -1.00 e. The van der Waals surface area contributed by atoms with Crippen molar-refractivity contribution >= 4 is 5.97 Å². The number of hydrogen-bond acceptors (Lipinski definition) is 2. The first-order valence-electron chi connectivity index (χ1n) is 4.34. The van der Waals surface area contributed by atoms with Gasteiger partial charge in [-0.25, -0.2) is 0 Å². The second kappa shape index (κ2) is 6.22. The van der Waals surface area contributed by atoms with E-state index in [2.05, 4.69) is 28.1 Å². The molecule has 0 amide bonds. The highest BCUT2D eigenvalue weighted by atomic mass is 35.5. The topological polar surface area (TPSA) is 26.3 Å². The van der Waals surface area contributed by atoms with E-state index in [9.17, 15) is 4.79 Å². The van der Waals surface area contributed by atoms with Gasteiger partial charge in [0.05, 0.1) is 21.1 Å². The first-order chi connectivity index (χ1) is 5.38. The molecule has 0 aliphatic carbocycles. The van der Waals surface area contributed by atoms with E-state index in [0.29, 0.717) is 19.1 Å². The second-order valence-corrected chi connectivity index (χ2v) is 4.00. The average molecular weight is 210 g/mol. The molecule has 4 heteroatoms. The van der Waals surface area contributed by atoms with Gasteiger partial charge in [-0.2, -0.15) is 0 Å². The van der Waals surface area contributed by atoms with Crippen molar-refractivity contribution in [1.82, 2.24) is 0 Å². The van der Waals surface area contributed by atoms with Crippen LogP contribution in [0.25, 0.3) is 0 Å². The molecule has 0 radical (unpaired) electrons. The number of ether oxygens (including phenoxy) is 1. The van der Waals surface area contributed by atoms with Crippen LogP contribution in [0.5, 0.6) is 0 Å². The molecule has 0 aliphatic heterocycles. The maximum atomic E-state index is 10.8. The molecule has 0 saturated carbocycles. The Morgan fingerprint density at radius 1 is 1.38 bits per heavy atom. The molecule has 80 valence electrons. The first-order valence-corrected chi connectivity index (χ1v) is 4.34. The van der Waals surface area contributed by atoms with Gasteiger partial charge in [0.1, 0.15) is 12.6 Å². The van der Waals surface area contributed by atoms with Crippen LogP contribution in [0.1, 0.15) is 20.3 Å². The highest BCUT2D eigenvalue weighted by molar-refractivity contribution is 5.68. The van der Waals surface area contributed by atoms with Gasteiger partial charge in [-0.05, 0) is 6.92 Å². The summed E-state index contributed by atoms with van der Waals surface area (Å²) in [6.45, 7) is 4.39. The summed E-state index contributed by atoms with van der Waals surface area (Å²) in [6, 6.07) is 0.348. The van der Waals surface area contributed by atoms with Crippen LogP contribution < -0.4 is 12.4 Å².